The quantitative estimate of drug-likeness (QED) is 0.308. The highest BCUT2D eigenvalue weighted by molar-refractivity contribution is 9.11. The van der Waals surface area contributed by atoms with Crippen LogP contribution in [0.2, 0.25) is 0 Å². The second kappa shape index (κ2) is 9.19. The molecule has 1 heterocycles. The van der Waals surface area contributed by atoms with Crippen LogP contribution in [0.5, 0.6) is 0 Å². The van der Waals surface area contributed by atoms with Gasteiger partial charge in [0.15, 0.2) is 5.79 Å². The smallest absolute Gasteiger partial charge is 0.175 e. The standard InChI is InChI=1S/C27H33BrO3/c1-5-23(28)13-22(18-29-17-21-9-7-6-8-10-21)26-14-20(4)25(15-26)27(30-11-12-31-27)16-24(26)19(2)3/h5-10,13,22,24-25H,1-2,4,11-12,14-18H2,3H3/b23-13+/t22-,24+,25-,26-/m1/s1. The first kappa shape index (κ1) is 22.7. The van der Waals surface area contributed by atoms with Gasteiger partial charge in [-0.15, -0.1) is 0 Å². The van der Waals surface area contributed by atoms with Crippen molar-refractivity contribution in [2.75, 3.05) is 19.8 Å². The van der Waals surface area contributed by atoms with Crippen molar-refractivity contribution in [3.05, 3.63) is 83.4 Å². The zero-order chi connectivity index (χ0) is 22.1. The van der Waals surface area contributed by atoms with Crippen LogP contribution in [0.3, 0.4) is 0 Å². The molecule has 4 rings (SSSR count). The first-order valence-corrected chi connectivity index (χ1v) is 11.9. The van der Waals surface area contributed by atoms with Gasteiger partial charge in [0.25, 0.3) is 0 Å². The molecule has 0 N–H and O–H groups in total. The fraction of sp³-hybridized carbons (Fsp3) is 0.481. The molecule has 0 radical (unpaired) electrons. The highest BCUT2D eigenvalue weighted by Crippen LogP contribution is 2.66. The van der Waals surface area contributed by atoms with E-state index in [1.165, 1.54) is 16.7 Å². The Morgan fingerprint density at radius 2 is 1.97 bits per heavy atom. The Balaban J connectivity index is 1.64. The molecule has 2 bridgehead atoms. The molecule has 3 nitrogen and oxygen atoms in total. The monoisotopic (exact) mass is 484 g/mol. The van der Waals surface area contributed by atoms with Crippen LogP contribution in [0.15, 0.2) is 77.8 Å². The topological polar surface area (TPSA) is 27.7 Å². The van der Waals surface area contributed by atoms with Crippen molar-refractivity contribution in [1.29, 1.82) is 0 Å². The van der Waals surface area contributed by atoms with Gasteiger partial charge in [0, 0.05) is 22.7 Å². The molecule has 0 aromatic heterocycles. The Hall–Kier alpha value is -1.46. The molecule has 166 valence electrons. The Bertz CT molecular complexity index is 868. The molecule has 1 saturated heterocycles. The lowest BCUT2D eigenvalue weighted by atomic mass is 9.57. The summed E-state index contributed by atoms with van der Waals surface area (Å²) in [6, 6.07) is 10.3. The summed E-state index contributed by atoms with van der Waals surface area (Å²) in [5, 5.41) is 0. The normalized spacial score (nSPS) is 30.5. The Kier molecular flexibility index (Phi) is 6.73. The molecule has 0 amide bonds. The Morgan fingerprint density at radius 1 is 1.26 bits per heavy atom. The molecule has 4 heteroatoms. The van der Waals surface area contributed by atoms with Crippen molar-refractivity contribution >= 4 is 15.9 Å². The third-order valence-electron chi connectivity index (χ3n) is 7.42. The second-order valence-corrected chi connectivity index (χ2v) is 10.2. The first-order chi connectivity index (χ1) is 14.9. The minimum Gasteiger partial charge on any atom is -0.376 e. The average Bonchev–Trinajstić information content (AvgIpc) is 3.35. The van der Waals surface area contributed by atoms with E-state index in [9.17, 15) is 0 Å². The fourth-order valence-electron chi connectivity index (χ4n) is 6.02. The summed E-state index contributed by atoms with van der Waals surface area (Å²) in [5.74, 6) is 0.159. The van der Waals surface area contributed by atoms with E-state index < -0.39 is 5.79 Å². The fourth-order valence-corrected chi connectivity index (χ4v) is 6.34. The van der Waals surface area contributed by atoms with Crippen LogP contribution >= 0.6 is 15.9 Å². The van der Waals surface area contributed by atoms with Crippen LogP contribution < -0.4 is 0 Å². The van der Waals surface area contributed by atoms with E-state index in [1.807, 2.05) is 24.3 Å². The molecular formula is C27H33BrO3. The minimum absolute atomic E-state index is 0.00708. The predicted molar refractivity (Wildman–Crippen MR) is 129 cm³/mol. The summed E-state index contributed by atoms with van der Waals surface area (Å²) in [6.07, 6.45) is 6.89. The van der Waals surface area contributed by atoms with E-state index in [-0.39, 0.29) is 23.2 Å². The lowest BCUT2D eigenvalue weighted by Crippen LogP contribution is -2.51. The highest BCUT2D eigenvalue weighted by Gasteiger charge is 2.64. The lowest BCUT2D eigenvalue weighted by Gasteiger charge is -2.51. The van der Waals surface area contributed by atoms with Gasteiger partial charge in [-0.1, -0.05) is 89.3 Å². The van der Waals surface area contributed by atoms with Gasteiger partial charge < -0.3 is 14.2 Å². The van der Waals surface area contributed by atoms with Crippen molar-refractivity contribution in [2.45, 2.75) is 38.6 Å². The van der Waals surface area contributed by atoms with E-state index in [2.05, 4.69) is 60.8 Å². The highest BCUT2D eigenvalue weighted by atomic mass is 79.9. The maximum Gasteiger partial charge on any atom is 0.175 e. The maximum absolute atomic E-state index is 6.28. The maximum atomic E-state index is 6.28. The van der Waals surface area contributed by atoms with Gasteiger partial charge >= 0.3 is 0 Å². The Morgan fingerprint density at radius 3 is 2.61 bits per heavy atom. The zero-order valence-corrected chi connectivity index (χ0v) is 20.0. The summed E-state index contributed by atoms with van der Waals surface area (Å²) in [7, 11) is 0. The van der Waals surface area contributed by atoms with Crippen molar-refractivity contribution in [2.24, 2.45) is 23.2 Å². The summed E-state index contributed by atoms with van der Waals surface area (Å²) < 4.78 is 19.7. The summed E-state index contributed by atoms with van der Waals surface area (Å²) in [6.45, 7) is 17.5. The van der Waals surface area contributed by atoms with Crippen molar-refractivity contribution < 1.29 is 14.2 Å². The molecular weight excluding hydrogens is 452 g/mol. The predicted octanol–water partition coefficient (Wildman–Crippen LogP) is 6.58. The van der Waals surface area contributed by atoms with Gasteiger partial charge in [-0.2, -0.15) is 0 Å². The first-order valence-electron chi connectivity index (χ1n) is 11.1. The van der Waals surface area contributed by atoms with Gasteiger partial charge in [-0.05, 0) is 36.7 Å². The molecule has 1 aromatic rings. The number of fused-ring (bicyclic) bond motifs is 3. The third-order valence-corrected chi connectivity index (χ3v) is 8.01. The number of allylic oxidation sites excluding steroid dienone is 3. The molecule has 0 unspecified atom stereocenters. The number of halogens is 1. The summed E-state index contributed by atoms with van der Waals surface area (Å²) >= 11 is 3.67. The molecule has 3 fully saturated rings. The third kappa shape index (κ3) is 4.28. The molecule has 1 spiro atoms. The summed E-state index contributed by atoms with van der Waals surface area (Å²) in [5.41, 5.74) is 3.60. The number of benzene rings is 1. The van der Waals surface area contributed by atoms with Crippen LogP contribution in [0.25, 0.3) is 0 Å². The molecule has 2 aliphatic carbocycles. The zero-order valence-electron chi connectivity index (χ0n) is 18.4. The van der Waals surface area contributed by atoms with Crippen LogP contribution in [0, 0.1) is 23.2 Å². The Labute approximate surface area is 195 Å². The largest absolute Gasteiger partial charge is 0.376 e. The molecule has 1 aliphatic heterocycles. The SMILES string of the molecule is C=C/C(Br)=C\[C@H](COCc1ccccc1)[C@@]12CC(=C)[C@@H](C1)C1(C[C@H]2C(=C)C)OCCO1. The van der Waals surface area contributed by atoms with Crippen molar-refractivity contribution in [3.8, 4) is 0 Å². The van der Waals surface area contributed by atoms with Gasteiger partial charge in [-0.25, -0.2) is 0 Å². The van der Waals surface area contributed by atoms with Gasteiger partial charge in [0.05, 0.1) is 26.4 Å². The second-order valence-electron chi connectivity index (χ2n) is 9.30. The van der Waals surface area contributed by atoms with E-state index in [4.69, 9.17) is 14.2 Å². The van der Waals surface area contributed by atoms with Crippen LogP contribution in [0.1, 0.15) is 31.7 Å². The lowest BCUT2D eigenvalue weighted by molar-refractivity contribution is -0.222. The number of rotatable bonds is 8. The van der Waals surface area contributed by atoms with E-state index in [1.54, 1.807) is 0 Å². The van der Waals surface area contributed by atoms with Crippen LogP contribution in [0.4, 0.5) is 0 Å². The molecule has 2 saturated carbocycles. The van der Waals surface area contributed by atoms with E-state index in [0.29, 0.717) is 26.4 Å². The van der Waals surface area contributed by atoms with Crippen LogP contribution in [-0.4, -0.2) is 25.6 Å². The number of hydrogen-bond donors (Lipinski definition) is 0. The molecule has 3 aliphatic rings. The number of ether oxygens (including phenoxy) is 3. The molecule has 1 aromatic carbocycles. The van der Waals surface area contributed by atoms with Crippen LogP contribution in [-0.2, 0) is 20.8 Å². The minimum atomic E-state index is -0.532. The molecule has 4 atom stereocenters. The van der Waals surface area contributed by atoms with Crippen molar-refractivity contribution in [1.82, 2.24) is 0 Å². The van der Waals surface area contributed by atoms with Crippen molar-refractivity contribution in [3.63, 3.8) is 0 Å². The van der Waals surface area contributed by atoms with E-state index >= 15 is 0 Å². The summed E-state index contributed by atoms with van der Waals surface area (Å²) in [4.78, 5) is 0. The van der Waals surface area contributed by atoms with E-state index in [0.717, 1.165) is 23.7 Å². The van der Waals surface area contributed by atoms with Gasteiger partial charge in [0.2, 0.25) is 0 Å². The number of hydrogen-bond acceptors (Lipinski definition) is 3. The average molecular weight is 485 g/mol. The van der Waals surface area contributed by atoms with Gasteiger partial charge in [-0.3, -0.25) is 0 Å². The molecule has 31 heavy (non-hydrogen) atoms. The van der Waals surface area contributed by atoms with Gasteiger partial charge in [0.1, 0.15) is 0 Å².